The third-order valence-electron chi connectivity index (χ3n) is 4.88. The van der Waals surface area contributed by atoms with Gasteiger partial charge in [-0.05, 0) is 78.4 Å². The quantitative estimate of drug-likeness (QED) is 0.382. The molecule has 158 valence electrons. The van der Waals surface area contributed by atoms with Crippen molar-refractivity contribution in [2.45, 2.75) is 13.8 Å². The molecule has 0 saturated carbocycles. The molecule has 9 heteroatoms. The van der Waals surface area contributed by atoms with E-state index in [2.05, 4.69) is 32.6 Å². The Morgan fingerprint density at radius 1 is 1.00 bits per heavy atom. The number of methoxy groups -OCH3 is 2. The minimum atomic E-state index is -0.413. The summed E-state index contributed by atoms with van der Waals surface area (Å²) in [6.07, 6.45) is 1.64. The Bertz CT molecular complexity index is 1340. The number of hydrogen-bond donors (Lipinski definition) is 0. The molecule has 0 N–H and O–H groups in total. The predicted molar refractivity (Wildman–Crippen MR) is 127 cm³/mol. The first-order chi connectivity index (χ1) is 14.8. The van der Waals surface area contributed by atoms with Gasteiger partial charge in [-0.3, -0.25) is 9.59 Å². The van der Waals surface area contributed by atoms with E-state index in [0.717, 1.165) is 9.13 Å². The number of fused-ring (bicyclic) bond motifs is 1. The van der Waals surface area contributed by atoms with E-state index in [1.54, 1.807) is 64.5 Å². The molecule has 1 aliphatic rings. The molecule has 2 heterocycles. The second-order valence-electron chi connectivity index (χ2n) is 6.86. The van der Waals surface area contributed by atoms with Crippen molar-refractivity contribution < 1.29 is 14.3 Å². The van der Waals surface area contributed by atoms with Crippen LogP contribution in [0, 0.1) is 10.5 Å². The van der Waals surface area contributed by atoms with Gasteiger partial charge in [-0.15, -0.1) is 0 Å². The zero-order chi connectivity index (χ0) is 22.3. The van der Waals surface area contributed by atoms with Crippen molar-refractivity contribution in [2.24, 2.45) is 4.99 Å². The highest BCUT2D eigenvalue weighted by molar-refractivity contribution is 14.1. The summed E-state index contributed by atoms with van der Waals surface area (Å²) in [5.74, 6) is 1.50. The highest BCUT2D eigenvalue weighted by Gasteiger charge is 2.31. The first-order valence-electron chi connectivity index (χ1n) is 9.36. The van der Waals surface area contributed by atoms with Crippen LogP contribution in [0.2, 0.25) is 0 Å². The molecule has 0 spiro atoms. The second kappa shape index (κ2) is 8.14. The molecule has 0 fully saturated rings. The molecule has 0 unspecified atom stereocenters. The number of benzene rings is 2. The van der Waals surface area contributed by atoms with E-state index in [9.17, 15) is 9.59 Å². The molecule has 0 bridgehead atoms. The monoisotopic (exact) mass is 530 g/mol. The van der Waals surface area contributed by atoms with Crippen LogP contribution in [0.5, 0.6) is 11.5 Å². The van der Waals surface area contributed by atoms with Gasteiger partial charge in [-0.2, -0.15) is 9.69 Å². The standard InChI is InChI=1S/C22H19IN4O4/c1-12-24-17-7-6-15(23)11-16(17)21(28)26(12)27-13(2)25-18(22(27)29)9-14-5-8-19(30-3)20(10-14)31-4/h5-11H,1-4H3/b18-9+. The highest BCUT2D eigenvalue weighted by atomic mass is 127. The van der Waals surface area contributed by atoms with Gasteiger partial charge >= 0.3 is 0 Å². The summed E-state index contributed by atoms with van der Waals surface area (Å²) in [7, 11) is 3.10. The Labute approximate surface area is 191 Å². The minimum absolute atomic E-state index is 0.207. The normalized spacial score (nSPS) is 15.0. The third kappa shape index (κ3) is 3.69. The first-order valence-corrected chi connectivity index (χ1v) is 10.4. The number of rotatable bonds is 4. The van der Waals surface area contributed by atoms with Gasteiger partial charge in [0.25, 0.3) is 11.5 Å². The number of aliphatic imine (C=N–C) groups is 1. The Morgan fingerprint density at radius 2 is 1.74 bits per heavy atom. The second-order valence-corrected chi connectivity index (χ2v) is 8.10. The van der Waals surface area contributed by atoms with Gasteiger partial charge in [0.15, 0.2) is 11.5 Å². The number of ether oxygens (including phenoxy) is 2. The van der Waals surface area contributed by atoms with Crippen molar-refractivity contribution >= 4 is 51.3 Å². The summed E-state index contributed by atoms with van der Waals surface area (Å²) in [4.78, 5) is 35.3. The van der Waals surface area contributed by atoms with E-state index < -0.39 is 5.91 Å². The number of amidine groups is 1. The SMILES string of the molecule is COc1ccc(/C=C2/N=C(C)N(n3c(C)nc4ccc(I)cc4c3=O)C2=O)cc1OC. The molecule has 3 aromatic rings. The summed E-state index contributed by atoms with van der Waals surface area (Å²) in [5.41, 5.74) is 1.19. The van der Waals surface area contributed by atoms with Crippen LogP contribution in [-0.2, 0) is 4.79 Å². The lowest BCUT2D eigenvalue weighted by atomic mass is 10.1. The number of aromatic nitrogens is 2. The maximum Gasteiger partial charge on any atom is 0.297 e. The maximum absolute atomic E-state index is 13.2. The number of aryl methyl sites for hydroxylation is 1. The number of amides is 1. The molecule has 0 atom stereocenters. The molecule has 8 nitrogen and oxygen atoms in total. The lowest BCUT2D eigenvalue weighted by Gasteiger charge is -2.20. The molecule has 2 aromatic carbocycles. The fourth-order valence-corrected chi connectivity index (χ4v) is 3.94. The zero-order valence-corrected chi connectivity index (χ0v) is 19.5. The predicted octanol–water partition coefficient (Wildman–Crippen LogP) is 3.26. The van der Waals surface area contributed by atoms with Gasteiger partial charge in [-0.1, -0.05) is 6.07 Å². The fourth-order valence-electron chi connectivity index (χ4n) is 3.45. The summed E-state index contributed by atoms with van der Waals surface area (Å²) < 4.78 is 12.8. The van der Waals surface area contributed by atoms with Crippen LogP contribution in [0.1, 0.15) is 18.3 Å². The number of nitrogens with zero attached hydrogens (tertiary/aromatic N) is 4. The first kappa shape index (κ1) is 21.0. The van der Waals surface area contributed by atoms with Gasteiger partial charge in [0.2, 0.25) is 0 Å². The molecule has 1 aliphatic heterocycles. The molecule has 0 radical (unpaired) electrons. The van der Waals surface area contributed by atoms with Crippen LogP contribution in [0.15, 0.2) is 51.9 Å². The number of carbonyl (C=O) groups excluding carboxylic acids is 1. The highest BCUT2D eigenvalue weighted by Crippen LogP contribution is 2.29. The number of hydrogen-bond acceptors (Lipinski definition) is 6. The van der Waals surface area contributed by atoms with E-state index in [0.29, 0.717) is 34.1 Å². The molecule has 1 amide bonds. The zero-order valence-electron chi connectivity index (χ0n) is 17.3. The molecule has 1 aromatic heterocycles. The van der Waals surface area contributed by atoms with Crippen molar-refractivity contribution in [1.82, 2.24) is 9.66 Å². The van der Waals surface area contributed by atoms with Crippen LogP contribution >= 0.6 is 22.6 Å². The van der Waals surface area contributed by atoms with Gasteiger partial charge in [0, 0.05) is 3.57 Å². The lowest BCUT2D eigenvalue weighted by Crippen LogP contribution is -2.48. The van der Waals surface area contributed by atoms with E-state index in [1.165, 1.54) is 9.69 Å². The van der Waals surface area contributed by atoms with Crippen molar-refractivity contribution in [1.29, 1.82) is 0 Å². The molecule has 31 heavy (non-hydrogen) atoms. The lowest BCUT2D eigenvalue weighted by molar-refractivity contribution is -0.115. The third-order valence-corrected chi connectivity index (χ3v) is 5.55. The van der Waals surface area contributed by atoms with Crippen molar-refractivity contribution in [3.05, 3.63) is 67.4 Å². The molecule has 0 saturated heterocycles. The van der Waals surface area contributed by atoms with Crippen LogP contribution in [0.4, 0.5) is 0 Å². The average Bonchev–Trinajstić information content (AvgIpc) is 3.02. The molecular formula is C22H19IN4O4. The Morgan fingerprint density at radius 3 is 2.45 bits per heavy atom. The van der Waals surface area contributed by atoms with Gasteiger partial charge < -0.3 is 9.47 Å². The maximum atomic E-state index is 13.2. The fraction of sp³-hybridized carbons (Fsp3) is 0.182. The number of carbonyl (C=O) groups is 1. The van der Waals surface area contributed by atoms with Crippen molar-refractivity contribution in [3.8, 4) is 11.5 Å². The summed E-state index contributed by atoms with van der Waals surface area (Å²) in [6.45, 7) is 3.37. The smallest absolute Gasteiger partial charge is 0.297 e. The van der Waals surface area contributed by atoms with Crippen molar-refractivity contribution in [3.63, 3.8) is 0 Å². The van der Waals surface area contributed by atoms with E-state index >= 15 is 0 Å². The van der Waals surface area contributed by atoms with Gasteiger partial charge in [0.05, 0.1) is 25.1 Å². The number of halogens is 1. The Hall–Kier alpha value is -3.21. The Kier molecular flexibility index (Phi) is 5.52. The van der Waals surface area contributed by atoms with E-state index in [-0.39, 0.29) is 11.3 Å². The van der Waals surface area contributed by atoms with Crippen LogP contribution in [-0.4, -0.2) is 35.6 Å². The largest absolute Gasteiger partial charge is 0.493 e. The van der Waals surface area contributed by atoms with Crippen LogP contribution < -0.4 is 20.0 Å². The average molecular weight is 530 g/mol. The van der Waals surface area contributed by atoms with Gasteiger partial charge in [-0.25, -0.2) is 9.98 Å². The summed E-state index contributed by atoms with van der Waals surface area (Å²) in [6, 6.07) is 10.7. The van der Waals surface area contributed by atoms with Gasteiger partial charge in [0.1, 0.15) is 17.4 Å². The molecule has 4 rings (SSSR count). The molecule has 0 aliphatic carbocycles. The van der Waals surface area contributed by atoms with Crippen LogP contribution in [0.3, 0.4) is 0 Å². The van der Waals surface area contributed by atoms with Crippen LogP contribution in [0.25, 0.3) is 17.0 Å². The molecular weight excluding hydrogens is 511 g/mol. The van der Waals surface area contributed by atoms with E-state index in [1.807, 2.05) is 6.07 Å². The Balaban J connectivity index is 1.79. The van der Waals surface area contributed by atoms with Crippen molar-refractivity contribution in [2.75, 3.05) is 19.2 Å². The van der Waals surface area contributed by atoms with E-state index in [4.69, 9.17) is 9.47 Å². The minimum Gasteiger partial charge on any atom is -0.493 e. The topological polar surface area (TPSA) is 86.0 Å². The summed E-state index contributed by atoms with van der Waals surface area (Å²) in [5, 5.41) is 1.70. The summed E-state index contributed by atoms with van der Waals surface area (Å²) >= 11 is 2.14.